The standard InChI is InChI=1S/C22H32N2O4S2/c1-4-5-15-24(28-22-12-8-20(26-3)9-13-22)16-18-30-29-17-14-23-27-21-10-6-19(25-2)7-11-21/h6-13,23H,4-5,14-18H2,1-3H3. The zero-order valence-corrected chi connectivity index (χ0v) is 19.6. The molecule has 0 saturated heterocycles. The molecule has 166 valence electrons. The maximum Gasteiger partial charge on any atom is 0.147 e. The second-order valence-electron chi connectivity index (χ2n) is 6.37. The van der Waals surface area contributed by atoms with Gasteiger partial charge >= 0.3 is 0 Å². The Labute approximate surface area is 187 Å². The lowest BCUT2D eigenvalue weighted by Gasteiger charge is -2.22. The summed E-state index contributed by atoms with van der Waals surface area (Å²) in [7, 11) is 6.99. The molecule has 0 aromatic heterocycles. The van der Waals surface area contributed by atoms with Crippen molar-refractivity contribution in [3.8, 4) is 23.0 Å². The van der Waals surface area contributed by atoms with Gasteiger partial charge in [-0.25, -0.2) is 0 Å². The number of nitrogens with one attached hydrogen (secondary N) is 1. The third kappa shape index (κ3) is 9.84. The van der Waals surface area contributed by atoms with Crippen LogP contribution in [-0.4, -0.2) is 50.4 Å². The van der Waals surface area contributed by atoms with Crippen molar-refractivity contribution in [2.24, 2.45) is 0 Å². The molecule has 1 N–H and O–H groups in total. The fourth-order valence-corrected chi connectivity index (χ4v) is 4.30. The van der Waals surface area contributed by atoms with E-state index in [9.17, 15) is 0 Å². The number of nitrogens with zero attached hydrogens (tertiary/aromatic N) is 1. The van der Waals surface area contributed by atoms with Crippen LogP contribution < -0.4 is 24.6 Å². The molecule has 2 rings (SSSR count). The van der Waals surface area contributed by atoms with Crippen LogP contribution in [0, 0.1) is 0 Å². The van der Waals surface area contributed by atoms with Gasteiger partial charge in [-0.2, -0.15) is 5.48 Å². The molecule has 2 aromatic rings. The Morgan fingerprint density at radius 1 is 0.767 bits per heavy atom. The number of ether oxygens (including phenoxy) is 2. The molecular weight excluding hydrogens is 420 g/mol. The van der Waals surface area contributed by atoms with Gasteiger partial charge in [0.2, 0.25) is 0 Å². The van der Waals surface area contributed by atoms with E-state index in [0.717, 1.165) is 67.0 Å². The molecular formula is C22H32N2O4S2. The van der Waals surface area contributed by atoms with E-state index in [1.807, 2.05) is 75.2 Å². The Hall–Kier alpha value is -1.74. The van der Waals surface area contributed by atoms with Gasteiger partial charge in [0.1, 0.15) is 23.0 Å². The smallest absolute Gasteiger partial charge is 0.147 e. The van der Waals surface area contributed by atoms with Gasteiger partial charge in [-0.1, -0.05) is 34.9 Å². The summed E-state index contributed by atoms with van der Waals surface area (Å²) >= 11 is 0. The van der Waals surface area contributed by atoms with Crippen LogP contribution in [0.3, 0.4) is 0 Å². The second kappa shape index (κ2) is 15.1. The first kappa shape index (κ1) is 24.5. The molecule has 30 heavy (non-hydrogen) atoms. The third-order valence-corrected chi connectivity index (χ3v) is 6.49. The van der Waals surface area contributed by atoms with Crippen LogP contribution in [0.5, 0.6) is 23.0 Å². The summed E-state index contributed by atoms with van der Waals surface area (Å²) in [6.45, 7) is 4.76. The lowest BCUT2D eigenvalue weighted by Crippen LogP contribution is -2.30. The highest BCUT2D eigenvalue weighted by atomic mass is 33.1. The van der Waals surface area contributed by atoms with E-state index in [2.05, 4.69) is 12.4 Å². The van der Waals surface area contributed by atoms with E-state index in [1.165, 1.54) is 0 Å². The van der Waals surface area contributed by atoms with E-state index >= 15 is 0 Å². The van der Waals surface area contributed by atoms with E-state index in [1.54, 1.807) is 14.2 Å². The highest BCUT2D eigenvalue weighted by Gasteiger charge is 2.07. The monoisotopic (exact) mass is 452 g/mol. The maximum atomic E-state index is 6.04. The van der Waals surface area contributed by atoms with Crippen LogP contribution in [-0.2, 0) is 0 Å². The van der Waals surface area contributed by atoms with Crippen LogP contribution in [0.15, 0.2) is 48.5 Å². The van der Waals surface area contributed by atoms with Crippen molar-refractivity contribution in [3.63, 3.8) is 0 Å². The van der Waals surface area contributed by atoms with Gasteiger partial charge < -0.3 is 19.1 Å². The lowest BCUT2D eigenvalue weighted by atomic mass is 10.3. The molecule has 0 amide bonds. The van der Waals surface area contributed by atoms with E-state index in [-0.39, 0.29) is 0 Å². The largest absolute Gasteiger partial charge is 0.497 e. The summed E-state index contributed by atoms with van der Waals surface area (Å²) in [4.78, 5) is 11.6. The van der Waals surface area contributed by atoms with Gasteiger partial charge in [0.25, 0.3) is 0 Å². The van der Waals surface area contributed by atoms with Crippen molar-refractivity contribution in [2.75, 3.05) is 45.4 Å². The fourth-order valence-electron chi connectivity index (χ4n) is 2.44. The van der Waals surface area contributed by atoms with Crippen LogP contribution in [0.1, 0.15) is 19.8 Å². The zero-order valence-electron chi connectivity index (χ0n) is 18.0. The maximum absolute atomic E-state index is 6.04. The molecule has 0 heterocycles. The summed E-state index contributed by atoms with van der Waals surface area (Å²) in [6, 6.07) is 15.2. The molecule has 6 nitrogen and oxygen atoms in total. The number of unbranched alkanes of at least 4 members (excludes halogenated alkanes) is 1. The number of hydrogen-bond donors (Lipinski definition) is 1. The summed E-state index contributed by atoms with van der Waals surface area (Å²) in [6.07, 6.45) is 2.25. The van der Waals surface area contributed by atoms with Crippen LogP contribution in [0.2, 0.25) is 0 Å². The van der Waals surface area contributed by atoms with Crippen molar-refractivity contribution in [1.82, 2.24) is 10.5 Å². The van der Waals surface area contributed by atoms with Crippen molar-refractivity contribution in [1.29, 1.82) is 0 Å². The Kier molecular flexibility index (Phi) is 12.4. The molecule has 0 radical (unpaired) electrons. The minimum Gasteiger partial charge on any atom is -0.497 e. The molecule has 0 fully saturated rings. The van der Waals surface area contributed by atoms with Gasteiger partial charge in [0.05, 0.1) is 14.2 Å². The summed E-state index contributed by atoms with van der Waals surface area (Å²) in [5.41, 5.74) is 2.99. The first-order valence-electron chi connectivity index (χ1n) is 10.1. The summed E-state index contributed by atoms with van der Waals surface area (Å²) in [5, 5.41) is 2.05. The predicted molar refractivity (Wildman–Crippen MR) is 127 cm³/mol. The first-order valence-corrected chi connectivity index (χ1v) is 12.6. The molecule has 0 aliphatic carbocycles. The predicted octanol–water partition coefficient (Wildman–Crippen LogP) is 5.06. The Bertz CT molecular complexity index is 687. The van der Waals surface area contributed by atoms with Crippen LogP contribution in [0.25, 0.3) is 0 Å². The second-order valence-corrected chi connectivity index (χ2v) is 9.07. The molecule has 0 bridgehead atoms. The molecule has 0 aliphatic rings. The molecule has 8 heteroatoms. The third-order valence-electron chi connectivity index (χ3n) is 4.10. The average Bonchev–Trinajstić information content (AvgIpc) is 2.79. The van der Waals surface area contributed by atoms with E-state index < -0.39 is 0 Å². The van der Waals surface area contributed by atoms with Crippen molar-refractivity contribution in [3.05, 3.63) is 48.5 Å². The normalized spacial score (nSPS) is 10.8. The van der Waals surface area contributed by atoms with Gasteiger partial charge in [-0.15, -0.1) is 5.06 Å². The molecule has 0 spiro atoms. The lowest BCUT2D eigenvalue weighted by molar-refractivity contribution is -0.0534. The first-order chi connectivity index (χ1) is 14.7. The van der Waals surface area contributed by atoms with E-state index in [4.69, 9.17) is 19.1 Å². The molecule has 0 atom stereocenters. The molecule has 0 saturated carbocycles. The quantitative estimate of drug-likeness (QED) is 0.215. The number of rotatable bonds is 16. The topological polar surface area (TPSA) is 52.2 Å². The number of hydrogen-bond acceptors (Lipinski definition) is 8. The zero-order chi connectivity index (χ0) is 21.4. The summed E-state index contributed by atoms with van der Waals surface area (Å²) < 4.78 is 10.3. The van der Waals surface area contributed by atoms with Crippen molar-refractivity contribution < 1.29 is 19.1 Å². The van der Waals surface area contributed by atoms with Crippen LogP contribution >= 0.6 is 21.6 Å². The minimum absolute atomic E-state index is 0.769. The number of hydroxylamine groups is 3. The molecule has 2 aromatic carbocycles. The van der Waals surface area contributed by atoms with Gasteiger partial charge in [0.15, 0.2) is 0 Å². The molecule has 0 aliphatic heterocycles. The van der Waals surface area contributed by atoms with Gasteiger partial charge in [0, 0.05) is 31.1 Å². The molecule has 0 unspecified atom stereocenters. The Morgan fingerprint density at radius 2 is 1.33 bits per heavy atom. The average molecular weight is 453 g/mol. The van der Waals surface area contributed by atoms with Gasteiger partial charge in [-0.05, 0) is 55.0 Å². The number of methoxy groups -OCH3 is 2. The minimum atomic E-state index is 0.769. The van der Waals surface area contributed by atoms with Crippen molar-refractivity contribution in [2.45, 2.75) is 19.8 Å². The van der Waals surface area contributed by atoms with Gasteiger partial charge in [-0.3, -0.25) is 0 Å². The number of benzene rings is 2. The highest BCUT2D eigenvalue weighted by Crippen LogP contribution is 2.22. The highest BCUT2D eigenvalue weighted by molar-refractivity contribution is 8.76. The van der Waals surface area contributed by atoms with Crippen LogP contribution in [0.4, 0.5) is 0 Å². The Morgan fingerprint density at radius 3 is 1.93 bits per heavy atom. The SMILES string of the molecule is CCCCN(CCSSCCNOc1ccc(OC)cc1)Oc1ccc(OC)cc1. The summed E-state index contributed by atoms with van der Waals surface area (Å²) in [5.74, 6) is 5.20. The van der Waals surface area contributed by atoms with Crippen molar-refractivity contribution >= 4 is 21.6 Å². The fraction of sp³-hybridized carbons (Fsp3) is 0.455. The van der Waals surface area contributed by atoms with E-state index in [0.29, 0.717) is 0 Å². The Balaban J connectivity index is 1.58.